The fourth-order valence-electron chi connectivity index (χ4n) is 3.53. The van der Waals surface area contributed by atoms with E-state index in [9.17, 15) is 22.8 Å². The summed E-state index contributed by atoms with van der Waals surface area (Å²) in [6, 6.07) is 3.35. The normalized spacial score (nSPS) is 15.1. The number of hydrogen-bond acceptors (Lipinski definition) is 4. The Kier molecular flexibility index (Phi) is 7.73. The van der Waals surface area contributed by atoms with Crippen LogP contribution in [0.15, 0.2) is 36.7 Å². The number of halogens is 4. The minimum absolute atomic E-state index is 0.0406. The Hall–Kier alpha value is -2.94. The first-order valence-corrected chi connectivity index (χ1v) is 10.9. The molecule has 0 aromatic carbocycles. The molecule has 0 radical (unpaired) electrons. The number of anilines is 1. The Morgan fingerprint density at radius 3 is 2.55 bits per heavy atom. The maximum Gasteiger partial charge on any atom is 0.417 e. The first-order chi connectivity index (χ1) is 15.6. The zero-order valence-electron chi connectivity index (χ0n) is 18.2. The van der Waals surface area contributed by atoms with Crippen LogP contribution in [0.25, 0.3) is 5.57 Å². The van der Waals surface area contributed by atoms with E-state index in [0.717, 1.165) is 23.3 Å². The molecule has 176 valence electrons. The number of ketones is 1. The van der Waals surface area contributed by atoms with Gasteiger partial charge in [0.15, 0.2) is 0 Å². The molecule has 2 amide bonds. The molecule has 1 atom stereocenters. The van der Waals surface area contributed by atoms with Gasteiger partial charge in [-0.05, 0) is 42.2 Å². The van der Waals surface area contributed by atoms with E-state index in [4.69, 9.17) is 11.6 Å². The molecule has 6 nitrogen and oxygen atoms in total. The maximum absolute atomic E-state index is 12.6. The lowest BCUT2D eigenvalue weighted by Crippen LogP contribution is -2.38. The van der Waals surface area contributed by atoms with Gasteiger partial charge in [0.25, 0.3) is 0 Å². The van der Waals surface area contributed by atoms with E-state index < -0.39 is 17.8 Å². The number of amides is 2. The van der Waals surface area contributed by atoms with Crippen LogP contribution in [0.2, 0.25) is 5.02 Å². The summed E-state index contributed by atoms with van der Waals surface area (Å²) < 4.78 is 37.9. The number of urea groups is 1. The molecule has 3 heterocycles. The van der Waals surface area contributed by atoms with Crippen LogP contribution in [-0.4, -0.2) is 39.8 Å². The Labute approximate surface area is 194 Å². The number of hydrogen-bond donors (Lipinski definition) is 1. The first kappa shape index (κ1) is 24.7. The predicted molar refractivity (Wildman–Crippen MR) is 120 cm³/mol. The van der Waals surface area contributed by atoms with Crippen molar-refractivity contribution in [3.63, 3.8) is 0 Å². The highest BCUT2D eigenvalue weighted by Gasteiger charge is 2.30. The minimum atomic E-state index is -4.48. The Morgan fingerprint density at radius 2 is 2.00 bits per heavy atom. The smallest absolute Gasteiger partial charge is 0.320 e. The van der Waals surface area contributed by atoms with Gasteiger partial charge in [-0.2, -0.15) is 13.2 Å². The van der Waals surface area contributed by atoms with Gasteiger partial charge in [-0.1, -0.05) is 31.5 Å². The molecule has 3 rings (SSSR count). The third-order valence-corrected chi connectivity index (χ3v) is 5.75. The largest absolute Gasteiger partial charge is 0.417 e. The topological polar surface area (TPSA) is 75.2 Å². The van der Waals surface area contributed by atoms with E-state index in [1.54, 1.807) is 6.20 Å². The highest BCUT2D eigenvalue weighted by molar-refractivity contribution is 6.32. The van der Waals surface area contributed by atoms with Crippen molar-refractivity contribution in [2.75, 3.05) is 18.4 Å². The van der Waals surface area contributed by atoms with Crippen LogP contribution >= 0.6 is 11.6 Å². The standard InChI is InChI=1S/C23H24ClF3N4O2/c1-3-19(32)14(2)10-15-11-18(24)21(29-12-15)16-6-8-31(9-7-16)22(33)30-20-5-4-17(13-28-20)23(25,26)27/h4-6,11-14H,3,7-10H2,1-2H3,(H,28,30,33). The molecular weight excluding hydrogens is 457 g/mol. The van der Waals surface area contributed by atoms with Crippen LogP contribution in [-0.2, 0) is 17.4 Å². The zero-order chi connectivity index (χ0) is 24.2. The average Bonchev–Trinajstić information content (AvgIpc) is 2.78. The summed E-state index contributed by atoms with van der Waals surface area (Å²) >= 11 is 6.44. The molecule has 10 heteroatoms. The van der Waals surface area contributed by atoms with Crippen LogP contribution in [0.5, 0.6) is 0 Å². The highest BCUT2D eigenvalue weighted by atomic mass is 35.5. The van der Waals surface area contributed by atoms with Gasteiger partial charge in [0.1, 0.15) is 11.6 Å². The fraction of sp³-hybridized carbons (Fsp3) is 0.391. The molecule has 1 aliphatic heterocycles. The van der Waals surface area contributed by atoms with Crippen molar-refractivity contribution in [1.82, 2.24) is 14.9 Å². The van der Waals surface area contributed by atoms with Gasteiger partial charge in [0.2, 0.25) is 0 Å². The molecule has 2 aromatic rings. The van der Waals surface area contributed by atoms with E-state index in [2.05, 4.69) is 15.3 Å². The highest BCUT2D eigenvalue weighted by Crippen LogP contribution is 2.30. The molecule has 2 aromatic heterocycles. The molecular formula is C23H24ClF3N4O2. The van der Waals surface area contributed by atoms with E-state index in [1.165, 1.54) is 4.90 Å². The molecule has 1 N–H and O–H groups in total. The zero-order valence-corrected chi connectivity index (χ0v) is 19.0. The quantitative estimate of drug-likeness (QED) is 0.581. The molecule has 0 fully saturated rings. The molecule has 0 spiro atoms. The first-order valence-electron chi connectivity index (χ1n) is 10.5. The van der Waals surface area contributed by atoms with E-state index in [1.807, 2.05) is 26.0 Å². The van der Waals surface area contributed by atoms with Gasteiger partial charge in [0.05, 0.1) is 16.3 Å². The summed E-state index contributed by atoms with van der Waals surface area (Å²) in [4.78, 5) is 33.9. The van der Waals surface area contributed by atoms with Gasteiger partial charge in [-0.25, -0.2) is 9.78 Å². The predicted octanol–water partition coefficient (Wildman–Crippen LogP) is 5.63. The van der Waals surface area contributed by atoms with Crippen LogP contribution in [0, 0.1) is 5.92 Å². The number of Topliss-reactive ketones (excluding diaryl/α,β-unsaturated/α-hetero) is 1. The SMILES string of the molecule is CCC(=O)C(C)Cc1cnc(C2=CCN(C(=O)Nc3ccc(C(F)(F)F)cn3)CC2)c(Cl)c1. The van der Waals surface area contributed by atoms with Crippen molar-refractivity contribution in [3.8, 4) is 0 Å². The second kappa shape index (κ2) is 10.3. The molecule has 1 unspecified atom stereocenters. The van der Waals surface area contributed by atoms with Crippen LogP contribution in [0.4, 0.5) is 23.8 Å². The molecule has 0 saturated carbocycles. The number of carbonyl (C=O) groups is 2. The Bertz CT molecular complexity index is 1050. The van der Waals surface area contributed by atoms with Gasteiger partial charge < -0.3 is 4.90 Å². The number of pyridine rings is 2. The molecule has 1 aliphatic rings. The third-order valence-electron chi connectivity index (χ3n) is 5.46. The number of aromatic nitrogens is 2. The second-order valence-electron chi connectivity index (χ2n) is 7.88. The van der Waals surface area contributed by atoms with Crippen molar-refractivity contribution in [2.24, 2.45) is 5.92 Å². The average molecular weight is 481 g/mol. The lowest BCUT2D eigenvalue weighted by Gasteiger charge is -2.26. The van der Waals surface area contributed by atoms with E-state index >= 15 is 0 Å². The van der Waals surface area contributed by atoms with Crippen molar-refractivity contribution < 1.29 is 22.8 Å². The van der Waals surface area contributed by atoms with Gasteiger partial charge in [0, 0.05) is 37.8 Å². The van der Waals surface area contributed by atoms with Gasteiger partial charge >= 0.3 is 12.2 Å². The van der Waals surface area contributed by atoms with Crippen molar-refractivity contribution in [3.05, 3.63) is 58.5 Å². The van der Waals surface area contributed by atoms with Crippen molar-refractivity contribution in [1.29, 1.82) is 0 Å². The number of nitrogens with zero attached hydrogens (tertiary/aromatic N) is 3. The van der Waals surface area contributed by atoms with Gasteiger partial charge in [-0.3, -0.25) is 15.1 Å². The van der Waals surface area contributed by atoms with Crippen molar-refractivity contribution in [2.45, 2.75) is 39.3 Å². The number of rotatable bonds is 6. The lowest BCUT2D eigenvalue weighted by molar-refractivity contribution is -0.137. The van der Waals surface area contributed by atoms with Crippen LogP contribution in [0.3, 0.4) is 0 Å². The van der Waals surface area contributed by atoms with E-state index in [0.29, 0.717) is 49.3 Å². The molecule has 0 saturated heterocycles. The summed E-state index contributed by atoms with van der Waals surface area (Å²) in [7, 11) is 0. The third kappa shape index (κ3) is 6.31. The summed E-state index contributed by atoms with van der Waals surface area (Å²) in [6.07, 6.45) is 1.35. The number of carbonyl (C=O) groups excluding carboxylic acids is 2. The summed E-state index contributed by atoms with van der Waals surface area (Å²) in [5.74, 6) is 0.132. The summed E-state index contributed by atoms with van der Waals surface area (Å²) in [6.45, 7) is 4.41. The number of nitrogens with one attached hydrogen (secondary N) is 1. The van der Waals surface area contributed by atoms with Crippen LogP contribution < -0.4 is 5.32 Å². The maximum atomic E-state index is 12.6. The second-order valence-corrected chi connectivity index (χ2v) is 8.29. The summed E-state index contributed by atoms with van der Waals surface area (Å²) in [5.41, 5.74) is 1.55. The molecule has 33 heavy (non-hydrogen) atoms. The number of alkyl halides is 3. The Balaban J connectivity index is 1.61. The van der Waals surface area contributed by atoms with E-state index in [-0.39, 0.29) is 17.5 Å². The fourth-order valence-corrected chi connectivity index (χ4v) is 3.84. The molecule has 0 bridgehead atoms. The van der Waals surface area contributed by atoms with Crippen molar-refractivity contribution >= 4 is 34.8 Å². The monoisotopic (exact) mass is 480 g/mol. The minimum Gasteiger partial charge on any atom is -0.320 e. The van der Waals surface area contributed by atoms with Gasteiger partial charge in [-0.15, -0.1) is 0 Å². The lowest BCUT2D eigenvalue weighted by atomic mass is 9.96. The van der Waals surface area contributed by atoms with Crippen LogP contribution in [0.1, 0.15) is 43.5 Å². The Morgan fingerprint density at radius 1 is 1.24 bits per heavy atom. The molecule has 0 aliphatic carbocycles. The summed E-state index contributed by atoms with van der Waals surface area (Å²) in [5, 5.41) is 2.99.